The SMILES string of the molecule is O=C(NCC1Cc2ccccc2O1)Nc1cccc(F)c1F. The van der Waals surface area contributed by atoms with Crippen LogP contribution in [-0.2, 0) is 6.42 Å². The first-order valence-electron chi connectivity index (χ1n) is 6.87. The predicted molar refractivity (Wildman–Crippen MR) is 77.9 cm³/mol. The zero-order chi connectivity index (χ0) is 15.5. The van der Waals surface area contributed by atoms with Crippen molar-refractivity contribution < 1.29 is 18.3 Å². The Hall–Kier alpha value is -2.63. The van der Waals surface area contributed by atoms with Crippen LogP contribution in [0.5, 0.6) is 5.75 Å². The summed E-state index contributed by atoms with van der Waals surface area (Å²) in [7, 11) is 0. The maximum Gasteiger partial charge on any atom is 0.319 e. The predicted octanol–water partition coefficient (Wildman–Crippen LogP) is 3.09. The molecule has 0 spiro atoms. The normalized spacial score (nSPS) is 15.8. The Morgan fingerprint density at radius 2 is 2.00 bits per heavy atom. The summed E-state index contributed by atoms with van der Waals surface area (Å²) in [4.78, 5) is 11.7. The average molecular weight is 304 g/mol. The Morgan fingerprint density at radius 3 is 2.82 bits per heavy atom. The molecule has 1 aliphatic rings. The van der Waals surface area contributed by atoms with Crippen LogP contribution in [0.2, 0.25) is 0 Å². The number of urea groups is 1. The van der Waals surface area contributed by atoms with E-state index in [9.17, 15) is 13.6 Å². The largest absolute Gasteiger partial charge is 0.488 e. The maximum atomic E-state index is 13.4. The first kappa shape index (κ1) is 14.3. The van der Waals surface area contributed by atoms with E-state index < -0.39 is 17.7 Å². The van der Waals surface area contributed by atoms with Crippen molar-refractivity contribution in [2.24, 2.45) is 0 Å². The van der Waals surface area contributed by atoms with Gasteiger partial charge in [-0.15, -0.1) is 0 Å². The molecule has 0 bridgehead atoms. The quantitative estimate of drug-likeness (QED) is 0.915. The number of carbonyl (C=O) groups excluding carboxylic acids is 1. The van der Waals surface area contributed by atoms with Crippen molar-refractivity contribution in [2.75, 3.05) is 11.9 Å². The lowest BCUT2D eigenvalue weighted by Crippen LogP contribution is -2.37. The second-order valence-electron chi connectivity index (χ2n) is 4.99. The van der Waals surface area contributed by atoms with Gasteiger partial charge in [-0.1, -0.05) is 24.3 Å². The minimum absolute atomic E-state index is 0.166. The fraction of sp³-hybridized carbons (Fsp3) is 0.188. The summed E-state index contributed by atoms with van der Waals surface area (Å²) in [6.07, 6.45) is 0.533. The Morgan fingerprint density at radius 1 is 1.18 bits per heavy atom. The van der Waals surface area contributed by atoms with Gasteiger partial charge in [-0.3, -0.25) is 0 Å². The van der Waals surface area contributed by atoms with Gasteiger partial charge in [0.25, 0.3) is 0 Å². The van der Waals surface area contributed by atoms with E-state index in [0.29, 0.717) is 6.42 Å². The Bertz CT molecular complexity index is 681. The minimum Gasteiger partial charge on any atom is -0.488 e. The van der Waals surface area contributed by atoms with Crippen LogP contribution in [0.25, 0.3) is 0 Å². The lowest BCUT2D eigenvalue weighted by Gasteiger charge is -2.13. The molecule has 1 heterocycles. The van der Waals surface area contributed by atoms with Gasteiger partial charge in [0, 0.05) is 6.42 Å². The Kier molecular flexibility index (Phi) is 3.91. The molecule has 0 saturated carbocycles. The van der Waals surface area contributed by atoms with Crippen LogP contribution in [0.1, 0.15) is 5.56 Å². The summed E-state index contributed by atoms with van der Waals surface area (Å²) in [6, 6.07) is 10.6. The first-order chi connectivity index (χ1) is 10.6. The molecule has 0 radical (unpaired) electrons. The molecule has 0 saturated heterocycles. The molecular weight excluding hydrogens is 290 g/mol. The van der Waals surface area contributed by atoms with E-state index in [2.05, 4.69) is 10.6 Å². The van der Waals surface area contributed by atoms with Crippen molar-refractivity contribution in [3.8, 4) is 5.75 Å². The van der Waals surface area contributed by atoms with Crippen molar-refractivity contribution >= 4 is 11.7 Å². The molecule has 2 amide bonds. The fourth-order valence-corrected chi connectivity index (χ4v) is 2.34. The van der Waals surface area contributed by atoms with E-state index in [4.69, 9.17) is 4.74 Å². The van der Waals surface area contributed by atoms with E-state index in [1.165, 1.54) is 12.1 Å². The molecule has 114 valence electrons. The molecular formula is C16H14F2N2O2. The van der Waals surface area contributed by atoms with Crippen LogP contribution in [0, 0.1) is 11.6 Å². The van der Waals surface area contributed by atoms with Crippen LogP contribution in [0.4, 0.5) is 19.3 Å². The van der Waals surface area contributed by atoms with Crippen molar-refractivity contribution in [3.05, 3.63) is 59.7 Å². The highest BCUT2D eigenvalue weighted by Crippen LogP contribution is 2.27. The van der Waals surface area contributed by atoms with E-state index in [1.54, 1.807) is 0 Å². The smallest absolute Gasteiger partial charge is 0.319 e. The van der Waals surface area contributed by atoms with E-state index in [0.717, 1.165) is 17.4 Å². The van der Waals surface area contributed by atoms with E-state index >= 15 is 0 Å². The standard InChI is InChI=1S/C16H14F2N2O2/c17-12-5-3-6-13(15(12)18)20-16(21)19-9-11-8-10-4-1-2-7-14(10)22-11/h1-7,11H,8-9H2,(H2,19,20,21). The van der Waals surface area contributed by atoms with Crippen LogP contribution in [0.3, 0.4) is 0 Å². The summed E-state index contributed by atoms with van der Waals surface area (Å²) >= 11 is 0. The summed E-state index contributed by atoms with van der Waals surface area (Å²) in [6.45, 7) is 0.275. The molecule has 22 heavy (non-hydrogen) atoms. The molecule has 2 aromatic carbocycles. The molecule has 0 fully saturated rings. The molecule has 3 rings (SSSR count). The molecule has 2 aromatic rings. The van der Waals surface area contributed by atoms with E-state index in [-0.39, 0.29) is 18.3 Å². The third-order valence-electron chi connectivity index (χ3n) is 3.40. The van der Waals surface area contributed by atoms with Gasteiger partial charge in [-0.2, -0.15) is 0 Å². The number of para-hydroxylation sites is 1. The zero-order valence-electron chi connectivity index (χ0n) is 11.6. The molecule has 1 aliphatic heterocycles. The third-order valence-corrected chi connectivity index (χ3v) is 3.40. The topological polar surface area (TPSA) is 50.4 Å². The second kappa shape index (κ2) is 6.01. The highest BCUT2D eigenvalue weighted by Gasteiger charge is 2.22. The van der Waals surface area contributed by atoms with E-state index in [1.807, 2.05) is 24.3 Å². The summed E-state index contributed by atoms with van der Waals surface area (Å²) in [5, 5.41) is 4.87. The molecule has 6 heteroatoms. The van der Waals surface area contributed by atoms with Gasteiger partial charge in [0.1, 0.15) is 11.9 Å². The second-order valence-corrected chi connectivity index (χ2v) is 4.99. The van der Waals surface area contributed by atoms with Crippen molar-refractivity contribution in [2.45, 2.75) is 12.5 Å². The van der Waals surface area contributed by atoms with Crippen molar-refractivity contribution in [3.63, 3.8) is 0 Å². The van der Waals surface area contributed by atoms with Gasteiger partial charge in [0.05, 0.1) is 12.2 Å². The lowest BCUT2D eigenvalue weighted by molar-refractivity contribution is 0.219. The Balaban J connectivity index is 1.53. The van der Waals surface area contributed by atoms with Gasteiger partial charge in [0.15, 0.2) is 11.6 Å². The number of nitrogens with one attached hydrogen (secondary N) is 2. The molecule has 2 N–H and O–H groups in total. The average Bonchev–Trinajstić information content (AvgIpc) is 2.93. The number of anilines is 1. The first-order valence-corrected chi connectivity index (χ1v) is 6.87. The van der Waals surface area contributed by atoms with Crippen LogP contribution in [0.15, 0.2) is 42.5 Å². The fourth-order valence-electron chi connectivity index (χ4n) is 2.34. The number of rotatable bonds is 3. The minimum atomic E-state index is -1.08. The number of ether oxygens (including phenoxy) is 1. The number of amides is 2. The number of benzene rings is 2. The van der Waals surface area contributed by atoms with Crippen LogP contribution >= 0.6 is 0 Å². The number of carbonyl (C=O) groups is 1. The molecule has 1 atom stereocenters. The summed E-state index contributed by atoms with van der Waals surface area (Å²) in [5.74, 6) is -1.28. The maximum absolute atomic E-state index is 13.4. The number of hydrogen-bond donors (Lipinski definition) is 2. The number of hydrogen-bond acceptors (Lipinski definition) is 2. The van der Waals surface area contributed by atoms with Gasteiger partial charge in [-0.25, -0.2) is 13.6 Å². The monoisotopic (exact) mass is 304 g/mol. The van der Waals surface area contributed by atoms with Crippen LogP contribution in [-0.4, -0.2) is 18.7 Å². The van der Waals surface area contributed by atoms with Gasteiger partial charge < -0.3 is 15.4 Å². The van der Waals surface area contributed by atoms with Crippen molar-refractivity contribution in [1.29, 1.82) is 0 Å². The number of fused-ring (bicyclic) bond motifs is 1. The van der Waals surface area contributed by atoms with Gasteiger partial charge in [-0.05, 0) is 23.8 Å². The molecule has 0 aliphatic carbocycles. The highest BCUT2D eigenvalue weighted by molar-refractivity contribution is 5.89. The number of halogens is 2. The Labute approximate surface area is 126 Å². The molecule has 0 aromatic heterocycles. The summed E-state index contributed by atoms with van der Waals surface area (Å²) in [5.41, 5.74) is 0.888. The van der Waals surface area contributed by atoms with Crippen LogP contribution < -0.4 is 15.4 Å². The van der Waals surface area contributed by atoms with Gasteiger partial charge in [0.2, 0.25) is 0 Å². The van der Waals surface area contributed by atoms with Crippen molar-refractivity contribution in [1.82, 2.24) is 5.32 Å². The van der Waals surface area contributed by atoms with Gasteiger partial charge >= 0.3 is 6.03 Å². The molecule has 4 nitrogen and oxygen atoms in total. The molecule has 1 unspecified atom stereocenters. The summed E-state index contributed by atoms with van der Waals surface area (Å²) < 4.78 is 32.2. The third kappa shape index (κ3) is 3.00. The highest BCUT2D eigenvalue weighted by atomic mass is 19.2. The zero-order valence-corrected chi connectivity index (χ0v) is 11.6. The lowest BCUT2D eigenvalue weighted by atomic mass is 10.1.